The largest absolute Gasteiger partial charge is 0.544 e. The Labute approximate surface area is 98.9 Å². The van der Waals surface area contributed by atoms with Gasteiger partial charge in [-0.3, -0.25) is 0 Å². The molecule has 0 saturated heterocycles. The van der Waals surface area contributed by atoms with Gasteiger partial charge in [0.25, 0.3) is 0 Å². The van der Waals surface area contributed by atoms with E-state index in [9.17, 15) is 0 Å². The van der Waals surface area contributed by atoms with Crippen molar-refractivity contribution in [2.45, 2.75) is 32.1 Å². The van der Waals surface area contributed by atoms with Crippen molar-refractivity contribution in [1.29, 1.82) is 0 Å². The lowest BCUT2D eigenvalue weighted by Gasteiger charge is -2.19. The average molecular weight is 238 g/mol. The summed E-state index contributed by atoms with van der Waals surface area (Å²) in [5.74, 6) is 0.933. The first-order valence-corrected chi connectivity index (χ1v) is 9.08. The number of rotatable bonds is 5. The van der Waals surface area contributed by atoms with Crippen molar-refractivity contribution in [2.75, 3.05) is 6.54 Å². The highest BCUT2D eigenvalue weighted by molar-refractivity contribution is 6.70. The Balaban J connectivity index is 2.68. The summed E-state index contributed by atoms with van der Waals surface area (Å²) in [5, 5.41) is 0. The van der Waals surface area contributed by atoms with E-state index in [2.05, 4.69) is 19.6 Å². The molecule has 0 amide bonds. The van der Waals surface area contributed by atoms with Gasteiger partial charge in [-0.2, -0.15) is 0 Å². The topological polar surface area (TPSA) is 61.3 Å². The maximum absolute atomic E-state index is 5.97. The van der Waals surface area contributed by atoms with Crippen molar-refractivity contribution in [2.24, 2.45) is 11.5 Å². The van der Waals surface area contributed by atoms with Gasteiger partial charge in [-0.05, 0) is 50.3 Å². The van der Waals surface area contributed by atoms with Crippen LogP contribution in [0.25, 0.3) is 0 Å². The van der Waals surface area contributed by atoms with E-state index in [-0.39, 0.29) is 6.04 Å². The quantitative estimate of drug-likeness (QED) is 0.773. The van der Waals surface area contributed by atoms with E-state index in [1.165, 1.54) is 0 Å². The van der Waals surface area contributed by atoms with Gasteiger partial charge in [0, 0.05) is 6.04 Å². The SMILES string of the molecule is C[Si](C)(C)Oc1ccc([C@@H](N)CCN)cc1. The van der Waals surface area contributed by atoms with Crippen LogP contribution < -0.4 is 15.9 Å². The monoisotopic (exact) mass is 238 g/mol. The van der Waals surface area contributed by atoms with E-state index in [4.69, 9.17) is 15.9 Å². The molecule has 0 fully saturated rings. The van der Waals surface area contributed by atoms with Crippen molar-refractivity contribution in [3.05, 3.63) is 29.8 Å². The third-order valence-electron chi connectivity index (χ3n) is 2.21. The Morgan fingerprint density at radius 2 is 1.75 bits per heavy atom. The highest BCUT2D eigenvalue weighted by Crippen LogP contribution is 2.20. The first kappa shape index (κ1) is 13.2. The van der Waals surface area contributed by atoms with Crippen molar-refractivity contribution < 1.29 is 4.43 Å². The summed E-state index contributed by atoms with van der Waals surface area (Å²) in [5.41, 5.74) is 12.6. The third kappa shape index (κ3) is 4.34. The second kappa shape index (κ2) is 5.47. The molecular formula is C12H22N2OSi. The maximum Gasteiger partial charge on any atom is 0.242 e. The van der Waals surface area contributed by atoms with Crippen LogP contribution in [0.5, 0.6) is 5.75 Å². The van der Waals surface area contributed by atoms with Gasteiger partial charge in [0.1, 0.15) is 5.75 Å². The maximum atomic E-state index is 5.97. The minimum Gasteiger partial charge on any atom is -0.544 e. The lowest BCUT2D eigenvalue weighted by atomic mass is 10.1. The molecule has 3 nitrogen and oxygen atoms in total. The van der Waals surface area contributed by atoms with Crippen molar-refractivity contribution >= 4 is 8.32 Å². The van der Waals surface area contributed by atoms with Crippen molar-refractivity contribution in [1.82, 2.24) is 0 Å². The Bertz CT molecular complexity index is 319. The summed E-state index contributed by atoms with van der Waals surface area (Å²) in [4.78, 5) is 0. The van der Waals surface area contributed by atoms with Crippen LogP contribution in [0.3, 0.4) is 0 Å². The molecule has 1 aromatic rings. The summed E-state index contributed by atoms with van der Waals surface area (Å²) in [6, 6.07) is 8.06. The first-order valence-electron chi connectivity index (χ1n) is 5.67. The molecule has 0 unspecified atom stereocenters. The van der Waals surface area contributed by atoms with Gasteiger partial charge in [0.2, 0.25) is 8.32 Å². The van der Waals surface area contributed by atoms with Gasteiger partial charge in [-0.25, -0.2) is 0 Å². The second-order valence-electron chi connectivity index (χ2n) is 4.97. The summed E-state index contributed by atoms with van der Waals surface area (Å²) < 4.78 is 5.87. The number of hydrogen-bond acceptors (Lipinski definition) is 3. The molecule has 1 atom stereocenters. The Kier molecular flexibility index (Phi) is 4.52. The minimum atomic E-state index is -1.51. The van der Waals surface area contributed by atoms with E-state index < -0.39 is 8.32 Å². The first-order chi connectivity index (χ1) is 7.42. The molecule has 1 rings (SSSR count). The lowest BCUT2D eigenvalue weighted by molar-refractivity contribution is 0.556. The van der Waals surface area contributed by atoms with Crippen LogP contribution in [0.4, 0.5) is 0 Å². The number of benzene rings is 1. The molecule has 0 aromatic heterocycles. The van der Waals surface area contributed by atoms with Gasteiger partial charge in [-0.1, -0.05) is 12.1 Å². The molecule has 0 radical (unpaired) electrons. The van der Waals surface area contributed by atoms with Crippen LogP contribution in [0.1, 0.15) is 18.0 Å². The Hall–Kier alpha value is -0.843. The van der Waals surface area contributed by atoms with Crippen LogP contribution in [-0.4, -0.2) is 14.9 Å². The summed E-state index contributed by atoms with van der Waals surface area (Å²) >= 11 is 0. The predicted molar refractivity (Wildman–Crippen MR) is 71.0 cm³/mol. The molecule has 4 heteroatoms. The zero-order chi connectivity index (χ0) is 12.2. The average Bonchev–Trinajstić information content (AvgIpc) is 2.16. The smallest absolute Gasteiger partial charge is 0.242 e. The van der Waals surface area contributed by atoms with E-state index in [0.29, 0.717) is 6.54 Å². The Morgan fingerprint density at radius 3 is 2.19 bits per heavy atom. The van der Waals surface area contributed by atoms with E-state index in [1.807, 2.05) is 24.3 Å². The normalized spacial score (nSPS) is 13.6. The lowest BCUT2D eigenvalue weighted by Crippen LogP contribution is -2.29. The molecule has 1 aromatic carbocycles. The van der Waals surface area contributed by atoms with Crippen LogP contribution >= 0.6 is 0 Å². The fourth-order valence-corrected chi connectivity index (χ4v) is 2.33. The van der Waals surface area contributed by atoms with E-state index in [1.54, 1.807) is 0 Å². The summed E-state index contributed by atoms with van der Waals surface area (Å²) in [7, 11) is -1.51. The zero-order valence-corrected chi connectivity index (χ0v) is 11.4. The fourth-order valence-electron chi connectivity index (χ4n) is 1.48. The van der Waals surface area contributed by atoms with Crippen LogP contribution in [0, 0.1) is 0 Å². The standard InChI is InChI=1S/C12H22N2OSi/c1-16(2,3)15-11-6-4-10(5-7-11)12(14)8-9-13/h4-7,12H,8-9,13-14H2,1-3H3/t12-/m0/s1. The molecule has 0 aliphatic heterocycles. The van der Waals surface area contributed by atoms with Crippen LogP contribution in [0.15, 0.2) is 24.3 Å². The number of hydrogen-bond donors (Lipinski definition) is 2. The Morgan fingerprint density at radius 1 is 1.19 bits per heavy atom. The molecule has 0 aliphatic carbocycles. The van der Waals surface area contributed by atoms with Gasteiger partial charge >= 0.3 is 0 Å². The summed E-state index contributed by atoms with van der Waals surface area (Å²) in [6.45, 7) is 7.12. The highest BCUT2D eigenvalue weighted by atomic mass is 28.4. The third-order valence-corrected chi connectivity index (χ3v) is 3.06. The summed E-state index contributed by atoms with van der Waals surface area (Å²) in [6.07, 6.45) is 0.814. The minimum absolute atomic E-state index is 0.0333. The molecule has 90 valence electrons. The van der Waals surface area contributed by atoms with Gasteiger partial charge in [-0.15, -0.1) is 0 Å². The number of nitrogens with two attached hydrogens (primary N) is 2. The molecule has 0 saturated carbocycles. The van der Waals surface area contributed by atoms with Crippen molar-refractivity contribution in [3.8, 4) is 5.75 Å². The molecule has 0 aliphatic rings. The van der Waals surface area contributed by atoms with Crippen molar-refractivity contribution in [3.63, 3.8) is 0 Å². The molecule has 0 spiro atoms. The molecule has 0 bridgehead atoms. The fraction of sp³-hybridized carbons (Fsp3) is 0.500. The van der Waals surface area contributed by atoms with Gasteiger partial charge < -0.3 is 15.9 Å². The van der Waals surface area contributed by atoms with E-state index >= 15 is 0 Å². The van der Waals surface area contributed by atoms with Gasteiger partial charge in [0.05, 0.1) is 0 Å². The van der Waals surface area contributed by atoms with Crippen LogP contribution in [-0.2, 0) is 0 Å². The molecule has 4 N–H and O–H groups in total. The zero-order valence-electron chi connectivity index (χ0n) is 10.4. The second-order valence-corrected chi connectivity index (χ2v) is 9.40. The van der Waals surface area contributed by atoms with Gasteiger partial charge in [0.15, 0.2) is 0 Å². The molecule has 16 heavy (non-hydrogen) atoms. The predicted octanol–water partition coefficient (Wildman–Crippen LogP) is 2.25. The van der Waals surface area contributed by atoms with Crippen LogP contribution in [0.2, 0.25) is 19.6 Å². The highest BCUT2D eigenvalue weighted by Gasteiger charge is 2.16. The molecule has 0 heterocycles. The van der Waals surface area contributed by atoms with E-state index in [0.717, 1.165) is 17.7 Å². The molecular weight excluding hydrogens is 216 g/mol.